The molecule has 0 atom stereocenters. The van der Waals surface area contributed by atoms with E-state index in [0.717, 1.165) is 17.1 Å². The fraction of sp³-hybridized carbons (Fsp3) is 0.143. The van der Waals surface area contributed by atoms with Crippen molar-refractivity contribution in [3.05, 3.63) is 47.8 Å². The lowest BCUT2D eigenvalue weighted by Crippen LogP contribution is -2.03. The minimum atomic E-state index is -0.421. The first kappa shape index (κ1) is 11.6. The average Bonchev–Trinajstić information content (AvgIpc) is 2.88. The average molecular weight is 260 g/mol. The molecule has 0 radical (unpaired) electrons. The summed E-state index contributed by atoms with van der Waals surface area (Å²) in [4.78, 5) is 0. The first-order chi connectivity index (χ1) is 9.24. The molecule has 19 heavy (non-hydrogen) atoms. The fourth-order valence-electron chi connectivity index (χ4n) is 1.94. The van der Waals surface area contributed by atoms with Crippen LogP contribution in [0.25, 0.3) is 0 Å². The van der Waals surface area contributed by atoms with E-state index in [2.05, 4.69) is 5.32 Å². The van der Waals surface area contributed by atoms with Crippen LogP contribution in [-0.4, -0.2) is 6.79 Å². The number of ether oxygens (including phenoxy) is 2. The molecule has 0 aliphatic carbocycles. The Hall–Kier alpha value is -2.43. The van der Waals surface area contributed by atoms with E-state index in [1.165, 1.54) is 6.07 Å². The van der Waals surface area contributed by atoms with Gasteiger partial charge in [0.1, 0.15) is 5.82 Å². The van der Waals surface area contributed by atoms with E-state index >= 15 is 0 Å². The molecule has 2 aromatic carbocycles. The number of hydrogen-bond donors (Lipinski definition) is 2. The number of rotatable bonds is 3. The van der Waals surface area contributed by atoms with Gasteiger partial charge in [-0.2, -0.15) is 0 Å². The Balaban J connectivity index is 1.74. The van der Waals surface area contributed by atoms with Crippen LogP contribution in [0.15, 0.2) is 36.4 Å². The van der Waals surface area contributed by atoms with Gasteiger partial charge in [0.25, 0.3) is 0 Å². The fourth-order valence-corrected chi connectivity index (χ4v) is 1.94. The molecule has 0 fully saturated rings. The summed E-state index contributed by atoms with van der Waals surface area (Å²) < 4.78 is 23.8. The summed E-state index contributed by atoms with van der Waals surface area (Å²) in [6, 6.07) is 10.4. The highest BCUT2D eigenvalue weighted by atomic mass is 19.1. The second-order valence-corrected chi connectivity index (χ2v) is 4.24. The highest BCUT2D eigenvalue weighted by Gasteiger charge is 2.13. The quantitative estimate of drug-likeness (QED) is 0.833. The molecule has 3 rings (SSSR count). The molecule has 0 amide bonds. The lowest BCUT2D eigenvalue weighted by Gasteiger charge is -2.10. The SMILES string of the molecule is Nc1c(F)cccc1NCc1ccc2c(c1)OCO2. The Morgan fingerprint density at radius 1 is 1.16 bits per heavy atom. The van der Waals surface area contributed by atoms with Crippen LogP contribution in [0.1, 0.15) is 5.56 Å². The molecule has 2 aromatic rings. The third-order valence-electron chi connectivity index (χ3n) is 2.97. The predicted molar refractivity (Wildman–Crippen MR) is 70.7 cm³/mol. The van der Waals surface area contributed by atoms with Crippen LogP contribution in [-0.2, 0) is 6.54 Å². The summed E-state index contributed by atoms with van der Waals surface area (Å²) in [6.07, 6.45) is 0. The van der Waals surface area contributed by atoms with Crippen LogP contribution in [0.2, 0.25) is 0 Å². The van der Waals surface area contributed by atoms with E-state index < -0.39 is 5.82 Å². The Labute approximate surface area is 109 Å². The van der Waals surface area contributed by atoms with Gasteiger partial charge in [0, 0.05) is 6.54 Å². The molecule has 0 spiro atoms. The maximum atomic E-state index is 13.3. The zero-order chi connectivity index (χ0) is 13.2. The summed E-state index contributed by atoms with van der Waals surface area (Å²) in [5, 5.41) is 3.10. The van der Waals surface area contributed by atoms with Gasteiger partial charge in [-0.3, -0.25) is 0 Å². The van der Waals surface area contributed by atoms with Crippen molar-refractivity contribution in [2.45, 2.75) is 6.54 Å². The number of nitrogen functional groups attached to an aromatic ring is 1. The molecule has 0 saturated heterocycles. The van der Waals surface area contributed by atoms with E-state index in [-0.39, 0.29) is 12.5 Å². The van der Waals surface area contributed by atoms with Gasteiger partial charge in [-0.15, -0.1) is 0 Å². The summed E-state index contributed by atoms with van der Waals surface area (Å²) in [6.45, 7) is 0.785. The van der Waals surface area contributed by atoms with Crippen molar-refractivity contribution < 1.29 is 13.9 Å². The van der Waals surface area contributed by atoms with E-state index in [1.807, 2.05) is 18.2 Å². The molecule has 3 N–H and O–H groups in total. The van der Waals surface area contributed by atoms with Crippen molar-refractivity contribution in [3.63, 3.8) is 0 Å². The van der Waals surface area contributed by atoms with Crippen LogP contribution in [0.3, 0.4) is 0 Å². The Morgan fingerprint density at radius 2 is 2.00 bits per heavy atom. The molecule has 98 valence electrons. The van der Waals surface area contributed by atoms with E-state index in [0.29, 0.717) is 12.2 Å². The highest BCUT2D eigenvalue weighted by molar-refractivity contribution is 5.66. The second-order valence-electron chi connectivity index (χ2n) is 4.24. The smallest absolute Gasteiger partial charge is 0.231 e. The van der Waals surface area contributed by atoms with Crippen LogP contribution < -0.4 is 20.5 Å². The van der Waals surface area contributed by atoms with Crippen molar-refractivity contribution in [2.24, 2.45) is 0 Å². The van der Waals surface area contributed by atoms with Gasteiger partial charge in [0.05, 0.1) is 11.4 Å². The van der Waals surface area contributed by atoms with Gasteiger partial charge in [0.15, 0.2) is 11.5 Å². The molecule has 1 aliphatic rings. The van der Waals surface area contributed by atoms with E-state index in [1.54, 1.807) is 12.1 Å². The molecule has 0 aromatic heterocycles. The molecule has 1 heterocycles. The van der Waals surface area contributed by atoms with Gasteiger partial charge in [-0.05, 0) is 29.8 Å². The minimum Gasteiger partial charge on any atom is -0.454 e. The summed E-state index contributed by atoms with van der Waals surface area (Å²) in [5.74, 6) is 1.05. The highest BCUT2D eigenvalue weighted by Crippen LogP contribution is 2.32. The molecule has 5 heteroatoms. The number of nitrogens with one attached hydrogen (secondary N) is 1. The monoisotopic (exact) mass is 260 g/mol. The van der Waals surface area contributed by atoms with Crippen molar-refractivity contribution in [3.8, 4) is 11.5 Å². The van der Waals surface area contributed by atoms with Crippen molar-refractivity contribution in [2.75, 3.05) is 17.8 Å². The normalized spacial score (nSPS) is 12.5. The summed E-state index contributed by atoms with van der Waals surface area (Å²) in [5.41, 5.74) is 7.37. The first-order valence-corrected chi connectivity index (χ1v) is 5.90. The third kappa shape index (κ3) is 2.27. The van der Waals surface area contributed by atoms with Crippen LogP contribution in [0.4, 0.5) is 15.8 Å². The zero-order valence-electron chi connectivity index (χ0n) is 10.2. The maximum Gasteiger partial charge on any atom is 0.231 e. The summed E-state index contributed by atoms with van der Waals surface area (Å²) >= 11 is 0. The van der Waals surface area contributed by atoms with Crippen molar-refractivity contribution in [1.82, 2.24) is 0 Å². The lowest BCUT2D eigenvalue weighted by atomic mass is 10.2. The molecular weight excluding hydrogens is 247 g/mol. The van der Waals surface area contributed by atoms with E-state index in [4.69, 9.17) is 15.2 Å². The first-order valence-electron chi connectivity index (χ1n) is 5.90. The second kappa shape index (κ2) is 4.68. The number of fused-ring (bicyclic) bond motifs is 1. The van der Waals surface area contributed by atoms with Gasteiger partial charge in [-0.25, -0.2) is 4.39 Å². The lowest BCUT2D eigenvalue weighted by molar-refractivity contribution is 0.174. The topological polar surface area (TPSA) is 56.5 Å². The molecule has 1 aliphatic heterocycles. The minimum absolute atomic E-state index is 0.128. The predicted octanol–water partition coefficient (Wildman–Crippen LogP) is 2.75. The van der Waals surface area contributed by atoms with E-state index in [9.17, 15) is 4.39 Å². The summed E-state index contributed by atoms with van der Waals surface area (Å²) in [7, 11) is 0. The Morgan fingerprint density at radius 3 is 2.89 bits per heavy atom. The molecule has 4 nitrogen and oxygen atoms in total. The number of hydrogen-bond acceptors (Lipinski definition) is 4. The molecular formula is C14H13FN2O2. The molecule has 0 unspecified atom stereocenters. The number of nitrogens with two attached hydrogens (primary N) is 1. The third-order valence-corrected chi connectivity index (χ3v) is 2.97. The maximum absolute atomic E-state index is 13.3. The number of anilines is 2. The van der Waals surface area contributed by atoms with Crippen LogP contribution in [0.5, 0.6) is 11.5 Å². The molecule has 0 saturated carbocycles. The standard InChI is InChI=1S/C14H13FN2O2/c15-10-2-1-3-11(14(10)16)17-7-9-4-5-12-13(6-9)19-8-18-12/h1-6,17H,7-8,16H2. The van der Waals surface area contributed by atoms with Crippen LogP contribution >= 0.6 is 0 Å². The number of benzene rings is 2. The number of halogens is 1. The van der Waals surface area contributed by atoms with Crippen molar-refractivity contribution in [1.29, 1.82) is 0 Å². The van der Waals surface area contributed by atoms with Gasteiger partial charge >= 0.3 is 0 Å². The zero-order valence-corrected chi connectivity index (χ0v) is 10.2. The van der Waals surface area contributed by atoms with Gasteiger partial charge in [-0.1, -0.05) is 12.1 Å². The molecule has 0 bridgehead atoms. The van der Waals surface area contributed by atoms with Crippen molar-refractivity contribution >= 4 is 11.4 Å². The van der Waals surface area contributed by atoms with Crippen LogP contribution in [0, 0.1) is 5.82 Å². The Kier molecular flexibility index (Phi) is 2.87. The largest absolute Gasteiger partial charge is 0.454 e. The van der Waals surface area contributed by atoms with Gasteiger partial charge < -0.3 is 20.5 Å². The number of para-hydroxylation sites is 1. The Bertz CT molecular complexity index is 616. The van der Waals surface area contributed by atoms with Gasteiger partial charge in [0.2, 0.25) is 6.79 Å².